The van der Waals surface area contributed by atoms with E-state index >= 15 is 0 Å². The second-order valence-electron chi connectivity index (χ2n) is 4.68. The van der Waals surface area contributed by atoms with E-state index in [9.17, 15) is 14.0 Å². The molecule has 21 heavy (non-hydrogen) atoms. The number of aldehydes is 1. The van der Waals surface area contributed by atoms with Gasteiger partial charge >= 0.3 is 0 Å². The van der Waals surface area contributed by atoms with E-state index in [-0.39, 0.29) is 17.5 Å². The quantitative estimate of drug-likeness (QED) is 0.853. The third-order valence-corrected chi connectivity index (χ3v) is 3.13. The van der Waals surface area contributed by atoms with Crippen LogP contribution in [-0.4, -0.2) is 36.7 Å². The van der Waals surface area contributed by atoms with Gasteiger partial charge < -0.3 is 5.73 Å². The molecule has 0 radical (unpaired) electrons. The first-order valence-electron chi connectivity index (χ1n) is 7.16. The summed E-state index contributed by atoms with van der Waals surface area (Å²) in [6, 6.07) is 4.51. The number of rotatable bonds is 2. The first-order chi connectivity index (χ1) is 9.95. The van der Waals surface area contributed by atoms with Crippen molar-refractivity contribution in [1.82, 2.24) is 4.90 Å². The number of nitrogens with two attached hydrogens (primary N) is 1. The van der Waals surface area contributed by atoms with Crippen LogP contribution in [0.25, 0.3) is 0 Å². The molecule has 1 amide bonds. The number of primary amides is 1. The number of carbonyl (C=O) groups is 2. The highest BCUT2D eigenvalue weighted by atomic mass is 19.1. The Kier molecular flexibility index (Phi) is 9.21. The highest BCUT2D eigenvalue weighted by molar-refractivity contribution is 5.80. The smallest absolute Gasteiger partial charge is 0.234 e. The Hall–Kier alpha value is -1.75. The molecule has 1 saturated heterocycles. The van der Waals surface area contributed by atoms with Crippen molar-refractivity contribution >= 4 is 12.2 Å². The highest BCUT2D eigenvalue weighted by Gasteiger charge is 2.24. The number of carbonyl (C=O) groups excluding carboxylic acids is 2. The van der Waals surface area contributed by atoms with Crippen molar-refractivity contribution < 1.29 is 14.0 Å². The Morgan fingerprint density at radius 2 is 2.05 bits per heavy atom. The van der Waals surface area contributed by atoms with Crippen LogP contribution in [0.3, 0.4) is 0 Å². The molecule has 2 rings (SSSR count). The molecule has 5 heteroatoms. The maximum atomic E-state index is 12.6. The number of halogens is 1. The van der Waals surface area contributed by atoms with Gasteiger partial charge in [0.2, 0.25) is 5.91 Å². The Morgan fingerprint density at radius 1 is 1.43 bits per heavy atom. The second-order valence-corrected chi connectivity index (χ2v) is 4.68. The number of amides is 1. The molecule has 1 heterocycles. The largest absolute Gasteiger partial charge is 0.368 e. The van der Waals surface area contributed by atoms with Crippen LogP contribution in [0.1, 0.15) is 42.6 Å². The molecular formula is C16H25FN2O2. The van der Waals surface area contributed by atoms with Crippen LogP contribution < -0.4 is 5.73 Å². The number of hydrogen-bond donors (Lipinski definition) is 1. The number of benzene rings is 1. The third kappa shape index (κ3) is 6.49. The van der Waals surface area contributed by atoms with E-state index in [0.717, 1.165) is 24.9 Å². The molecule has 0 aromatic heterocycles. The van der Waals surface area contributed by atoms with Gasteiger partial charge in [0.25, 0.3) is 0 Å². The van der Waals surface area contributed by atoms with Crippen LogP contribution >= 0.6 is 0 Å². The topological polar surface area (TPSA) is 63.4 Å². The van der Waals surface area contributed by atoms with Crippen molar-refractivity contribution in [3.63, 3.8) is 0 Å². The van der Waals surface area contributed by atoms with Gasteiger partial charge in [-0.05, 0) is 51.1 Å². The Morgan fingerprint density at radius 3 is 2.38 bits per heavy atom. The molecule has 0 bridgehead atoms. The van der Waals surface area contributed by atoms with Crippen molar-refractivity contribution in [2.75, 3.05) is 13.6 Å². The van der Waals surface area contributed by atoms with Crippen molar-refractivity contribution in [1.29, 1.82) is 0 Å². The SMILES string of the molecule is CC.CN1CCC[C@@H]1C(N)=O.Cc1ccc(C=O)c(F)c1. The Balaban J connectivity index is 0.000000342. The van der Waals surface area contributed by atoms with Gasteiger partial charge in [0, 0.05) is 0 Å². The number of aryl methyl sites for hydroxylation is 1. The molecule has 1 atom stereocenters. The molecular weight excluding hydrogens is 271 g/mol. The maximum Gasteiger partial charge on any atom is 0.234 e. The van der Waals surface area contributed by atoms with E-state index in [4.69, 9.17) is 5.73 Å². The van der Waals surface area contributed by atoms with Gasteiger partial charge in [-0.2, -0.15) is 0 Å². The molecule has 1 fully saturated rings. The zero-order valence-corrected chi connectivity index (χ0v) is 13.2. The van der Waals surface area contributed by atoms with Gasteiger partial charge in [-0.1, -0.05) is 19.9 Å². The lowest BCUT2D eigenvalue weighted by Crippen LogP contribution is -2.37. The number of likely N-dealkylation sites (tertiary alicyclic amines) is 1. The Bertz CT molecular complexity index is 464. The normalized spacial score (nSPS) is 17.1. The van der Waals surface area contributed by atoms with Crippen LogP contribution in [0.4, 0.5) is 4.39 Å². The summed E-state index contributed by atoms with van der Waals surface area (Å²) in [5.41, 5.74) is 6.05. The average molecular weight is 296 g/mol. The minimum Gasteiger partial charge on any atom is -0.368 e. The van der Waals surface area contributed by atoms with E-state index in [0.29, 0.717) is 6.29 Å². The van der Waals surface area contributed by atoms with Crippen LogP contribution in [0.15, 0.2) is 18.2 Å². The molecule has 2 N–H and O–H groups in total. The minimum atomic E-state index is -0.449. The monoisotopic (exact) mass is 296 g/mol. The summed E-state index contributed by atoms with van der Waals surface area (Å²) in [6.45, 7) is 6.78. The average Bonchev–Trinajstić information content (AvgIpc) is 2.88. The lowest BCUT2D eigenvalue weighted by Gasteiger charge is -2.14. The first kappa shape index (κ1) is 19.2. The fourth-order valence-corrected chi connectivity index (χ4v) is 2.00. The standard InChI is InChI=1S/C8H7FO.C6H12N2O.C2H6/c1-6-2-3-7(5-10)8(9)4-6;1-8-4-2-3-5(8)6(7)9;1-2/h2-5H,1H3;5H,2-4H2,1H3,(H2,7,9);1-2H3/t;5-;/m.1./s1. The molecule has 0 unspecified atom stereocenters. The lowest BCUT2D eigenvalue weighted by atomic mass is 10.1. The molecule has 4 nitrogen and oxygen atoms in total. The summed E-state index contributed by atoms with van der Waals surface area (Å²) in [4.78, 5) is 22.7. The fourth-order valence-electron chi connectivity index (χ4n) is 2.00. The van der Waals surface area contributed by atoms with Crippen LogP contribution in [-0.2, 0) is 4.79 Å². The first-order valence-corrected chi connectivity index (χ1v) is 7.16. The zero-order valence-electron chi connectivity index (χ0n) is 13.2. The molecule has 1 aliphatic heterocycles. The van der Waals surface area contributed by atoms with Crippen molar-refractivity contribution in [2.24, 2.45) is 5.73 Å². The number of hydrogen-bond acceptors (Lipinski definition) is 3. The number of nitrogens with zero attached hydrogens (tertiary/aromatic N) is 1. The van der Waals surface area contributed by atoms with Gasteiger partial charge in [-0.25, -0.2) is 4.39 Å². The Labute approximate surface area is 126 Å². The van der Waals surface area contributed by atoms with E-state index in [1.54, 1.807) is 13.0 Å². The summed E-state index contributed by atoms with van der Waals surface area (Å²) in [5, 5.41) is 0. The van der Waals surface area contributed by atoms with Crippen LogP contribution in [0.2, 0.25) is 0 Å². The zero-order chi connectivity index (χ0) is 16.4. The summed E-state index contributed by atoms with van der Waals surface area (Å²) in [5.74, 6) is -0.634. The second kappa shape index (κ2) is 10.0. The summed E-state index contributed by atoms with van der Waals surface area (Å²) < 4.78 is 12.6. The molecule has 0 aliphatic carbocycles. The van der Waals surface area contributed by atoms with Crippen LogP contribution in [0.5, 0.6) is 0 Å². The lowest BCUT2D eigenvalue weighted by molar-refractivity contribution is -0.121. The molecule has 0 spiro atoms. The van der Waals surface area contributed by atoms with Gasteiger partial charge in [0.1, 0.15) is 5.82 Å². The predicted octanol–water partition coefficient (Wildman–Crippen LogP) is 2.54. The molecule has 1 aliphatic rings. The van der Waals surface area contributed by atoms with Crippen LogP contribution in [0, 0.1) is 12.7 Å². The minimum absolute atomic E-state index is 0.00463. The van der Waals surface area contributed by atoms with Gasteiger partial charge in [-0.15, -0.1) is 0 Å². The molecule has 1 aromatic rings. The van der Waals surface area contributed by atoms with Gasteiger partial charge in [-0.3, -0.25) is 14.5 Å². The summed E-state index contributed by atoms with van der Waals surface area (Å²) in [7, 11) is 1.93. The molecule has 118 valence electrons. The molecule has 1 aromatic carbocycles. The maximum absolute atomic E-state index is 12.6. The third-order valence-electron chi connectivity index (χ3n) is 3.13. The van der Waals surface area contributed by atoms with Gasteiger partial charge in [0.15, 0.2) is 6.29 Å². The fraction of sp³-hybridized carbons (Fsp3) is 0.500. The van der Waals surface area contributed by atoms with Gasteiger partial charge in [0.05, 0.1) is 11.6 Å². The van der Waals surface area contributed by atoms with Crippen molar-refractivity contribution in [3.05, 3.63) is 35.1 Å². The van der Waals surface area contributed by atoms with E-state index in [1.807, 2.05) is 25.8 Å². The van der Waals surface area contributed by atoms with E-state index in [2.05, 4.69) is 0 Å². The molecule has 0 saturated carbocycles. The van der Waals surface area contributed by atoms with E-state index in [1.165, 1.54) is 12.1 Å². The van der Waals surface area contributed by atoms with Crippen molar-refractivity contribution in [2.45, 2.75) is 39.7 Å². The van der Waals surface area contributed by atoms with E-state index < -0.39 is 5.82 Å². The number of likely N-dealkylation sites (N-methyl/N-ethyl adjacent to an activating group) is 1. The summed E-state index contributed by atoms with van der Waals surface area (Å²) in [6.07, 6.45) is 2.55. The summed E-state index contributed by atoms with van der Waals surface area (Å²) >= 11 is 0. The highest BCUT2D eigenvalue weighted by Crippen LogP contribution is 2.13. The predicted molar refractivity (Wildman–Crippen MR) is 82.7 cm³/mol. The van der Waals surface area contributed by atoms with Crippen molar-refractivity contribution in [3.8, 4) is 0 Å².